The summed E-state index contributed by atoms with van der Waals surface area (Å²) in [5.41, 5.74) is 3.05. The van der Waals surface area contributed by atoms with E-state index in [1.54, 1.807) is 18.2 Å². The van der Waals surface area contributed by atoms with Crippen LogP contribution in [0.5, 0.6) is 0 Å². The lowest BCUT2D eigenvalue weighted by atomic mass is 10.0. The monoisotopic (exact) mass is 483 g/mol. The Balaban J connectivity index is 1.42. The normalized spacial score (nSPS) is 15.1. The number of nitrogens with zero attached hydrogens (tertiary/aromatic N) is 1. The van der Waals surface area contributed by atoms with E-state index in [4.69, 9.17) is 13.9 Å². The van der Waals surface area contributed by atoms with Gasteiger partial charge < -0.3 is 13.9 Å². The van der Waals surface area contributed by atoms with Gasteiger partial charge in [0.25, 0.3) is 0 Å². The molecule has 2 aromatic carbocycles. The Hall–Kier alpha value is -3.27. The highest BCUT2D eigenvalue weighted by Gasteiger charge is 2.26. The van der Waals surface area contributed by atoms with Crippen LogP contribution in [0.25, 0.3) is 17.0 Å². The predicted molar refractivity (Wildman–Crippen MR) is 127 cm³/mol. The fourth-order valence-electron chi connectivity index (χ4n) is 3.69. The van der Waals surface area contributed by atoms with Gasteiger partial charge in [-0.05, 0) is 48.7 Å². The van der Waals surface area contributed by atoms with Gasteiger partial charge in [0.1, 0.15) is 12.2 Å². The van der Waals surface area contributed by atoms with Crippen LogP contribution in [0.3, 0.4) is 0 Å². The second-order valence-corrected chi connectivity index (χ2v) is 9.94. The summed E-state index contributed by atoms with van der Waals surface area (Å²) in [6.07, 6.45) is 2.80. The van der Waals surface area contributed by atoms with Gasteiger partial charge in [-0.25, -0.2) is 18.0 Å². The van der Waals surface area contributed by atoms with Crippen LogP contribution in [-0.2, 0) is 30.9 Å². The Bertz CT molecular complexity index is 1400. The number of aryl methyl sites for hydroxylation is 2. The topological polar surface area (TPSA) is 103 Å². The fraction of sp³-hybridized carbons (Fsp3) is 0.280. The number of ether oxygens (including phenoxy) is 2. The Kier molecular flexibility index (Phi) is 6.97. The van der Waals surface area contributed by atoms with Crippen molar-refractivity contribution in [3.63, 3.8) is 0 Å². The average molecular weight is 484 g/mol. The lowest BCUT2D eigenvalue weighted by molar-refractivity contribution is -0.138. The van der Waals surface area contributed by atoms with Crippen LogP contribution < -0.4 is 5.63 Å². The molecular weight excluding hydrogens is 458 g/mol. The highest BCUT2D eigenvalue weighted by molar-refractivity contribution is 7.89. The van der Waals surface area contributed by atoms with E-state index in [0.29, 0.717) is 43.0 Å². The van der Waals surface area contributed by atoms with Crippen LogP contribution in [0.2, 0.25) is 0 Å². The number of carbonyl (C=O) groups is 1. The van der Waals surface area contributed by atoms with E-state index in [0.717, 1.165) is 16.5 Å². The minimum Gasteiger partial charge on any atom is -0.458 e. The molecule has 0 N–H and O–H groups in total. The average Bonchev–Trinajstić information content (AvgIpc) is 2.84. The summed E-state index contributed by atoms with van der Waals surface area (Å²) in [6.45, 7) is 5.13. The number of fused-ring (bicyclic) bond motifs is 1. The van der Waals surface area contributed by atoms with Crippen molar-refractivity contribution >= 4 is 33.0 Å². The van der Waals surface area contributed by atoms with Crippen LogP contribution in [0.15, 0.2) is 62.6 Å². The maximum atomic E-state index is 12.7. The third kappa shape index (κ3) is 5.11. The van der Waals surface area contributed by atoms with Crippen LogP contribution in [0.4, 0.5) is 0 Å². The van der Waals surface area contributed by atoms with Crippen LogP contribution >= 0.6 is 0 Å². The largest absolute Gasteiger partial charge is 0.458 e. The number of hydrogen-bond donors (Lipinski definition) is 0. The van der Waals surface area contributed by atoms with Crippen LogP contribution in [-0.4, -0.2) is 45.0 Å². The van der Waals surface area contributed by atoms with Gasteiger partial charge in [-0.3, -0.25) is 0 Å². The first-order valence-electron chi connectivity index (χ1n) is 10.8. The third-order valence-electron chi connectivity index (χ3n) is 5.79. The molecule has 3 aromatic rings. The lowest BCUT2D eigenvalue weighted by Gasteiger charge is -2.26. The van der Waals surface area contributed by atoms with Gasteiger partial charge in [0, 0.05) is 36.2 Å². The first-order chi connectivity index (χ1) is 16.3. The van der Waals surface area contributed by atoms with E-state index < -0.39 is 21.6 Å². The molecule has 8 nitrogen and oxygen atoms in total. The van der Waals surface area contributed by atoms with Crippen molar-refractivity contribution in [3.8, 4) is 0 Å². The van der Waals surface area contributed by atoms with Crippen molar-refractivity contribution in [1.82, 2.24) is 4.31 Å². The maximum absolute atomic E-state index is 12.7. The van der Waals surface area contributed by atoms with Crippen molar-refractivity contribution in [3.05, 3.63) is 81.2 Å². The van der Waals surface area contributed by atoms with Crippen LogP contribution in [0, 0.1) is 13.8 Å². The minimum atomic E-state index is -3.57. The molecule has 0 amide bonds. The second-order valence-electron chi connectivity index (χ2n) is 8.00. The maximum Gasteiger partial charge on any atom is 0.336 e. The van der Waals surface area contributed by atoms with Crippen molar-refractivity contribution < 1.29 is 27.1 Å². The van der Waals surface area contributed by atoms with E-state index in [1.165, 1.54) is 28.6 Å². The zero-order chi connectivity index (χ0) is 24.3. The summed E-state index contributed by atoms with van der Waals surface area (Å²) in [4.78, 5) is 24.4. The molecule has 9 heteroatoms. The van der Waals surface area contributed by atoms with E-state index in [1.807, 2.05) is 26.0 Å². The summed E-state index contributed by atoms with van der Waals surface area (Å²) in [5, 5.41) is 0.719. The van der Waals surface area contributed by atoms with Crippen LogP contribution in [0.1, 0.15) is 22.3 Å². The lowest BCUT2D eigenvalue weighted by Crippen LogP contribution is -2.40. The highest BCUT2D eigenvalue weighted by Crippen LogP contribution is 2.24. The minimum absolute atomic E-state index is 0.0789. The number of rotatable bonds is 6. The number of sulfonamides is 1. The Labute approximate surface area is 197 Å². The summed E-state index contributed by atoms with van der Waals surface area (Å²) in [5.74, 6) is -0.588. The van der Waals surface area contributed by atoms with E-state index in [2.05, 4.69) is 0 Å². The molecule has 1 aliphatic heterocycles. The molecule has 34 heavy (non-hydrogen) atoms. The summed E-state index contributed by atoms with van der Waals surface area (Å²) in [7, 11) is -3.57. The summed E-state index contributed by atoms with van der Waals surface area (Å²) >= 11 is 0. The SMILES string of the molecule is Cc1ccc2c(COC(=O)C=Cc3ccc(S(=O)(=O)N4CCOCC4)cc3)cc(=O)oc2c1C. The molecule has 1 saturated heterocycles. The van der Waals surface area contributed by atoms with Crippen molar-refractivity contribution in [2.75, 3.05) is 26.3 Å². The molecule has 0 atom stereocenters. The second kappa shape index (κ2) is 9.92. The molecule has 0 radical (unpaired) electrons. The predicted octanol–water partition coefficient (Wildman–Crippen LogP) is 3.19. The molecule has 4 rings (SSSR count). The quantitative estimate of drug-likeness (QED) is 0.301. The van der Waals surface area contributed by atoms with E-state index in [-0.39, 0.29) is 11.5 Å². The number of hydrogen-bond acceptors (Lipinski definition) is 7. The van der Waals surface area contributed by atoms with Crippen molar-refractivity contribution in [2.24, 2.45) is 0 Å². The highest BCUT2D eigenvalue weighted by atomic mass is 32.2. The number of carbonyl (C=O) groups excluding carboxylic acids is 1. The smallest absolute Gasteiger partial charge is 0.336 e. The molecule has 0 aliphatic carbocycles. The van der Waals surface area contributed by atoms with Gasteiger partial charge in [0.05, 0.1) is 18.1 Å². The molecular formula is C25H25NO7S. The molecule has 2 heterocycles. The number of esters is 1. The molecule has 0 bridgehead atoms. The molecule has 178 valence electrons. The van der Waals surface area contributed by atoms with Gasteiger partial charge in [0.2, 0.25) is 10.0 Å². The fourth-order valence-corrected chi connectivity index (χ4v) is 5.10. The molecule has 0 spiro atoms. The van der Waals surface area contributed by atoms with Gasteiger partial charge in [-0.1, -0.05) is 24.3 Å². The van der Waals surface area contributed by atoms with Crippen molar-refractivity contribution in [2.45, 2.75) is 25.3 Å². The number of benzene rings is 2. The van der Waals surface area contributed by atoms with Gasteiger partial charge in [-0.2, -0.15) is 4.31 Å². The standard InChI is InChI=1S/C25H25NO7S/c1-17-3-9-22-20(15-24(28)33-25(22)18(17)2)16-32-23(27)10-6-19-4-7-21(8-5-19)34(29,30)26-11-13-31-14-12-26/h3-10,15H,11-14,16H2,1-2H3. The third-order valence-corrected chi connectivity index (χ3v) is 7.70. The Morgan fingerprint density at radius 3 is 2.50 bits per heavy atom. The van der Waals surface area contributed by atoms with Crippen molar-refractivity contribution in [1.29, 1.82) is 0 Å². The van der Waals surface area contributed by atoms with E-state index in [9.17, 15) is 18.0 Å². The molecule has 1 fully saturated rings. The Morgan fingerprint density at radius 2 is 1.79 bits per heavy atom. The van der Waals surface area contributed by atoms with Gasteiger partial charge in [-0.15, -0.1) is 0 Å². The molecule has 1 aliphatic rings. The first-order valence-corrected chi connectivity index (χ1v) is 12.3. The summed E-state index contributed by atoms with van der Waals surface area (Å²) < 4.78 is 42.6. The van der Waals surface area contributed by atoms with E-state index >= 15 is 0 Å². The number of morpholine rings is 1. The zero-order valence-electron chi connectivity index (χ0n) is 18.9. The van der Waals surface area contributed by atoms with Gasteiger partial charge >= 0.3 is 11.6 Å². The molecule has 0 saturated carbocycles. The first kappa shape index (κ1) is 23.9. The summed E-state index contributed by atoms with van der Waals surface area (Å²) in [6, 6.07) is 11.3. The Morgan fingerprint density at radius 1 is 1.09 bits per heavy atom. The molecule has 1 aromatic heterocycles. The molecule has 0 unspecified atom stereocenters. The zero-order valence-corrected chi connectivity index (χ0v) is 19.8. The van der Waals surface area contributed by atoms with Gasteiger partial charge in [0.15, 0.2) is 0 Å².